The van der Waals surface area contributed by atoms with Crippen LogP contribution in [0.15, 0.2) is 42.0 Å². The highest BCUT2D eigenvalue weighted by molar-refractivity contribution is 5.81. The van der Waals surface area contributed by atoms with E-state index in [4.69, 9.17) is 9.72 Å². The molecule has 4 aliphatic rings. The first kappa shape index (κ1) is 23.8. The molecule has 1 amide bonds. The summed E-state index contributed by atoms with van der Waals surface area (Å²) >= 11 is 0. The maximum absolute atomic E-state index is 12.2. The zero-order valence-electron chi connectivity index (χ0n) is 22.0. The van der Waals surface area contributed by atoms with Gasteiger partial charge in [0.2, 0.25) is 5.91 Å². The third kappa shape index (κ3) is 4.72. The van der Waals surface area contributed by atoms with Gasteiger partial charge >= 0.3 is 0 Å². The largest absolute Gasteiger partial charge is 0.491 e. The van der Waals surface area contributed by atoms with E-state index in [2.05, 4.69) is 39.4 Å². The number of nitrogens with zero attached hydrogens (tertiary/aromatic N) is 3. The average molecular weight is 489 g/mol. The highest BCUT2D eigenvalue weighted by Gasteiger charge is 2.42. The highest BCUT2D eigenvalue weighted by Crippen LogP contribution is 2.40. The quantitative estimate of drug-likeness (QED) is 0.542. The molecule has 0 radical (unpaired) electrons. The smallest absolute Gasteiger partial charge is 0.220 e. The van der Waals surface area contributed by atoms with Crippen molar-refractivity contribution in [3.63, 3.8) is 0 Å². The number of benzene rings is 1. The number of amides is 1. The molecule has 192 valence electrons. The molecule has 3 saturated heterocycles. The van der Waals surface area contributed by atoms with E-state index < -0.39 is 0 Å². The first-order valence-corrected chi connectivity index (χ1v) is 14.0. The molecule has 0 saturated carbocycles. The number of pyridine rings is 1. The minimum absolute atomic E-state index is 0.154. The molecule has 5 atom stereocenters. The summed E-state index contributed by atoms with van der Waals surface area (Å²) in [4.78, 5) is 22.1. The summed E-state index contributed by atoms with van der Waals surface area (Å²) in [6, 6.07) is 12.9. The number of hydrogen-bond acceptors (Lipinski definition) is 5. The maximum atomic E-state index is 12.2. The van der Waals surface area contributed by atoms with Gasteiger partial charge in [-0.2, -0.15) is 0 Å². The standard InChI is InChI=1S/C30H40N4O2/c1-19(2)36-28-11-7-22-8-12-30(32-29(22)17-28)31-23-15-24-9-10-25(16-23)33(24)18-21-13-26-5-4-6-27(14-21)34(26)20(3)35/h7-8,11-13,17,19,23-27H,4-6,9-10,14-16,18H2,1-3H3,(H,31,32)/t23?,24-,25+,26?,27?. The Bertz CT molecular complexity index is 1150. The summed E-state index contributed by atoms with van der Waals surface area (Å²) in [6.07, 6.45) is 12.1. The number of anilines is 1. The van der Waals surface area contributed by atoms with E-state index in [9.17, 15) is 4.79 Å². The summed E-state index contributed by atoms with van der Waals surface area (Å²) < 4.78 is 5.87. The number of hydrogen-bond donors (Lipinski definition) is 1. The fraction of sp³-hybridized carbons (Fsp3) is 0.600. The molecule has 6 heteroatoms. The van der Waals surface area contributed by atoms with Gasteiger partial charge in [-0.15, -0.1) is 0 Å². The SMILES string of the molecule is CC(=O)N1C2C=C(CN3[C@@H]4CC[C@H]3CC(Nc3ccc5ccc(OC(C)C)cc5n3)C4)CC1CCC2. The molecular formula is C30H40N4O2. The zero-order chi connectivity index (χ0) is 24.8. The van der Waals surface area contributed by atoms with Gasteiger partial charge in [-0.1, -0.05) is 11.6 Å². The minimum Gasteiger partial charge on any atom is -0.491 e. The fourth-order valence-corrected chi connectivity index (χ4v) is 7.34. The predicted molar refractivity (Wildman–Crippen MR) is 144 cm³/mol. The van der Waals surface area contributed by atoms with Gasteiger partial charge in [-0.25, -0.2) is 4.98 Å². The number of piperidine rings is 2. The van der Waals surface area contributed by atoms with Crippen molar-refractivity contribution >= 4 is 22.6 Å². The van der Waals surface area contributed by atoms with Crippen molar-refractivity contribution in [3.8, 4) is 5.75 Å². The predicted octanol–water partition coefficient (Wildman–Crippen LogP) is 5.53. The number of ether oxygens (including phenoxy) is 1. The molecule has 1 N–H and O–H groups in total. The molecule has 5 heterocycles. The summed E-state index contributed by atoms with van der Waals surface area (Å²) in [5, 5.41) is 4.91. The van der Waals surface area contributed by atoms with Gasteiger partial charge in [0.25, 0.3) is 0 Å². The van der Waals surface area contributed by atoms with E-state index in [0.717, 1.165) is 48.3 Å². The van der Waals surface area contributed by atoms with E-state index in [0.29, 0.717) is 30.2 Å². The van der Waals surface area contributed by atoms with Crippen molar-refractivity contribution in [1.29, 1.82) is 0 Å². The van der Waals surface area contributed by atoms with Crippen LogP contribution < -0.4 is 10.1 Å². The van der Waals surface area contributed by atoms with Crippen LogP contribution in [-0.4, -0.2) is 63.5 Å². The Kier molecular flexibility index (Phi) is 6.40. The molecule has 0 aliphatic carbocycles. The van der Waals surface area contributed by atoms with Crippen LogP contribution in [0.2, 0.25) is 0 Å². The lowest BCUT2D eigenvalue weighted by atomic mass is 9.84. The Morgan fingerprint density at radius 2 is 1.86 bits per heavy atom. The van der Waals surface area contributed by atoms with Gasteiger partial charge in [-0.05, 0) is 89.5 Å². The summed E-state index contributed by atoms with van der Waals surface area (Å²) in [6.45, 7) is 6.93. The lowest BCUT2D eigenvalue weighted by molar-refractivity contribution is -0.135. The Labute approximate surface area is 215 Å². The molecule has 0 spiro atoms. The van der Waals surface area contributed by atoms with Crippen LogP contribution in [0.1, 0.15) is 72.1 Å². The van der Waals surface area contributed by atoms with Crippen LogP contribution in [0, 0.1) is 0 Å². The van der Waals surface area contributed by atoms with Gasteiger partial charge in [0.15, 0.2) is 0 Å². The van der Waals surface area contributed by atoms with Crippen molar-refractivity contribution in [2.75, 3.05) is 11.9 Å². The van der Waals surface area contributed by atoms with Crippen LogP contribution in [0.25, 0.3) is 10.9 Å². The Hall–Kier alpha value is -2.60. The molecule has 6 nitrogen and oxygen atoms in total. The third-order valence-corrected chi connectivity index (χ3v) is 8.73. The van der Waals surface area contributed by atoms with E-state index in [1.54, 1.807) is 12.5 Å². The zero-order valence-corrected chi connectivity index (χ0v) is 22.0. The topological polar surface area (TPSA) is 57.7 Å². The molecule has 1 aromatic heterocycles. The van der Waals surface area contributed by atoms with E-state index in [1.165, 1.54) is 32.1 Å². The van der Waals surface area contributed by atoms with Crippen LogP contribution in [0.3, 0.4) is 0 Å². The van der Waals surface area contributed by atoms with Gasteiger partial charge in [0.05, 0.1) is 17.7 Å². The van der Waals surface area contributed by atoms with Crippen molar-refractivity contribution in [2.45, 2.75) is 108 Å². The second kappa shape index (κ2) is 9.70. The number of carbonyl (C=O) groups is 1. The van der Waals surface area contributed by atoms with Crippen molar-refractivity contribution in [3.05, 3.63) is 42.0 Å². The van der Waals surface area contributed by atoms with Crippen molar-refractivity contribution in [2.24, 2.45) is 0 Å². The van der Waals surface area contributed by atoms with E-state index in [1.807, 2.05) is 26.0 Å². The Morgan fingerprint density at radius 1 is 1.08 bits per heavy atom. The Morgan fingerprint density at radius 3 is 2.58 bits per heavy atom. The first-order valence-electron chi connectivity index (χ1n) is 14.0. The molecule has 36 heavy (non-hydrogen) atoms. The van der Waals surface area contributed by atoms with Crippen LogP contribution in [-0.2, 0) is 4.79 Å². The van der Waals surface area contributed by atoms with Gasteiger partial charge < -0.3 is 15.0 Å². The van der Waals surface area contributed by atoms with Crippen LogP contribution in [0.5, 0.6) is 5.75 Å². The molecule has 4 aliphatic heterocycles. The second-order valence-corrected chi connectivity index (χ2v) is 11.7. The molecule has 4 bridgehead atoms. The number of rotatable bonds is 6. The molecule has 1 aromatic carbocycles. The summed E-state index contributed by atoms with van der Waals surface area (Å²) in [5.74, 6) is 2.09. The number of carbonyl (C=O) groups excluding carboxylic acids is 1. The minimum atomic E-state index is 0.154. The van der Waals surface area contributed by atoms with Gasteiger partial charge in [0, 0.05) is 49.1 Å². The monoisotopic (exact) mass is 488 g/mol. The van der Waals surface area contributed by atoms with Crippen LogP contribution in [0.4, 0.5) is 5.82 Å². The van der Waals surface area contributed by atoms with Gasteiger partial charge in [-0.3, -0.25) is 9.69 Å². The summed E-state index contributed by atoms with van der Waals surface area (Å²) in [5.41, 5.74) is 2.55. The normalized spacial score (nSPS) is 29.9. The Balaban J connectivity index is 1.11. The molecule has 3 unspecified atom stereocenters. The second-order valence-electron chi connectivity index (χ2n) is 11.7. The first-order chi connectivity index (χ1) is 17.4. The molecular weight excluding hydrogens is 448 g/mol. The number of fused-ring (bicyclic) bond motifs is 5. The number of aromatic nitrogens is 1. The fourth-order valence-electron chi connectivity index (χ4n) is 7.34. The lowest BCUT2D eigenvalue weighted by Gasteiger charge is -2.46. The van der Waals surface area contributed by atoms with Crippen LogP contribution >= 0.6 is 0 Å². The van der Waals surface area contributed by atoms with E-state index >= 15 is 0 Å². The van der Waals surface area contributed by atoms with Crippen molar-refractivity contribution < 1.29 is 9.53 Å². The third-order valence-electron chi connectivity index (χ3n) is 8.73. The number of nitrogens with one attached hydrogen (secondary N) is 1. The molecule has 2 aromatic rings. The van der Waals surface area contributed by atoms with Crippen molar-refractivity contribution in [1.82, 2.24) is 14.8 Å². The maximum Gasteiger partial charge on any atom is 0.220 e. The average Bonchev–Trinajstić information content (AvgIpc) is 3.05. The highest BCUT2D eigenvalue weighted by atomic mass is 16.5. The molecule has 6 rings (SSSR count). The lowest BCUT2D eigenvalue weighted by Crippen LogP contribution is -2.53. The summed E-state index contributed by atoms with van der Waals surface area (Å²) in [7, 11) is 0. The molecule has 3 fully saturated rings. The van der Waals surface area contributed by atoms with Gasteiger partial charge in [0.1, 0.15) is 11.6 Å². The van der Waals surface area contributed by atoms with E-state index in [-0.39, 0.29) is 12.0 Å².